The number of fused-ring (bicyclic) bond motifs is 9. The van der Waals surface area contributed by atoms with Crippen molar-refractivity contribution in [2.75, 3.05) is 0 Å². The number of hydrogen-bond acceptors (Lipinski definition) is 6. The van der Waals surface area contributed by atoms with Gasteiger partial charge in [-0.1, -0.05) is 115 Å². The third kappa shape index (κ3) is 4.54. The summed E-state index contributed by atoms with van der Waals surface area (Å²) in [6.45, 7) is 0. The number of thiophene rings is 2. The van der Waals surface area contributed by atoms with E-state index in [2.05, 4.69) is 115 Å². The van der Waals surface area contributed by atoms with Crippen LogP contribution in [-0.2, 0) is 0 Å². The molecular formula is C45H25N3OS2. The van der Waals surface area contributed by atoms with Crippen molar-refractivity contribution in [3.63, 3.8) is 0 Å². The summed E-state index contributed by atoms with van der Waals surface area (Å²) >= 11 is 3.63. The van der Waals surface area contributed by atoms with E-state index in [1.807, 2.05) is 47.7 Å². The third-order valence-electron chi connectivity index (χ3n) is 9.75. The van der Waals surface area contributed by atoms with E-state index in [1.54, 1.807) is 11.3 Å². The van der Waals surface area contributed by atoms with Crippen LogP contribution in [0.5, 0.6) is 0 Å². The molecule has 0 atom stereocenters. The van der Waals surface area contributed by atoms with Crippen LogP contribution in [0.1, 0.15) is 0 Å². The van der Waals surface area contributed by atoms with Gasteiger partial charge in [-0.05, 0) is 36.4 Å². The standard InChI is InChI=1S/C45H25N3OS2/c1-2-10-26(11-3-1)43-46-44(48-45(47-43)28-20-22-31-29-12-4-6-18-38(29)50-40(31)25-28)27-21-23-37-36(24-27)33-15-8-14-32(41(33)49-37)35-17-9-16-34-30-13-5-7-19-39(30)51-42(34)35/h1-25H. The summed E-state index contributed by atoms with van der Waals surface area (Å²) in [5.74, 6) is 1.91. The molecule has 11 rings (SSSR count). The Balaban J connectivity index is 1.08. The molecule has 4 heterocycles. The molecule has 0 aliphatic carbocycles. The van der Waals surface area contributed by atoms with Crippen LogP contribution in [0.15, 0.2) is 156 Å². The number of furan rings is 1. The highest BCUT2D eigenvalue weighted by atomic mass is 32.1. The second kappa shape index (κ2) is 11.2. The van der Waals surface area contributed by atoms with Gasteiger partial charge in [-0.3, -0.25) is 0 Å². The van der Waals surface area contributed by atoms with E-state index in [4.69, 9.17) is 19.4 Å². The van der Waals surface area contributed by atoms with E-state index in [1.165, 1.54) is 45.9 Å². The molecule has 0 N–H and O–H groups in total. The van der Waals surface area contributed by atoms with Crippen molar-refractivity contribution >= 4 is 85.0 Å². The quantitative estimate of drug-likeness (QED) is 0.185. The lowest BCUT2D eigenvalue weighted by molar-refractivity contribution is 0.670. The molecule has 0 aliphatic heterocycles. The Bertz CT molecular complexity index is 3160. The van der Waals surface area contributed by atoms with E-state index in [0.717, 1.165) is 44.2 Å². The average molecular weight is 688 g/mol. The van der Waals surface area contributed by atoms with Gasteiger partial charge in [0.15, 0.2) is 17.5 Å². The van der Waals surface area contributed by atoms with Gasteiger partial charge in [0.2, 0.25) is 0 Å². The molecular weight excluding hydrogens is 663 g/mol. The van der Waals surface area contributed by atoms with E-state index >= 15 is 0 Å². The number of aromatic nitrogens is 3. The Labute approximate surface area is 299 Å². The SMILES string of the molecule is c1ccc(-c2nc(-c3ccc4c(c3)sc3ccccc34)nc(-c3ccc4oc5c(-c6cccc7c6sc6ccccc67)cccc5c4c3)n2)cc1. The van der Waals surface area contributed by atoms with Crippen LogP contribution in [0.25, 0.3) is 108 Å². The third-order valence-corrected chi connectivity index (χ3v) is 12.1. The van der Waals surface area contributed by atoms with E-state index in [9.17, 15) is 0 Å². The van der Waals surface area contributed by atoms with Gasteiger partial charge in [0.1, 0.15) is 11.2 Å². The van der Waals surface area contributed by atoms with Crippen LogP contribution >= 0.6 is 22.7 Å². The second-order valence-electron chi connectivity index (χ2n) is 12.8. The number of rotatable bonds is 4. The first kappa shape index (κ1) is 28.6. The minimum absolute atomic E-state index is 0.623. The lowest BCUT2D eigenvalue weighted by Crippen LogP contribution is -2.00. The highest BCUT2D eigenvalue weighted by Gasteiger charge is 2.19. The smallest absolute Gasteiger partial charge is 0.164 e. The van der Waals surface area contributed by atoms with Gasteiger partial charge in [0, 0.05) is 78.9 Å². The molecule has 0 bridgehead atoms. The molecule has 0 spiro atoms. The zero-order valence-corrected chi connectivity index (χ0v) is 28.6. The lowest BCUT2D eigenvalue weighted by Gasteiger charge is -2.09. The van der Waals surface area contributed by atoms with E-state index < -0.39 is 0 Å². The summed E-state index contributed by atoms with van der Waals surface area (Å²) in [5.41, 5.74) is 6.80. The molecule has 4 aromatic heterocycles. The number of nitrogens with zero attached hydrogens (tertiary/aromatic N) is 3. The molecule has 238 valence electrons. The van der Waals surface area contributed by atoms with Crippen molar-refractivity contribution in [3.05, 3.63) is 152 Å². The predicted molar refractivity (Wildman–Crippen MR) is 215 cm³/mol. The molecule has 4 nitrogen and oxygen atoms in total. The number of hydrogen-bond donors (Lipinski definition) is 0. The molecule has 6 heteroatoms. The highest BCUT2D eigenvalue weighted by molar-refractivity contribution is 7.26. The van der Waals surface area contributed by atoms with Gasteiger partial charge in [-0.2, -0.15) is 0 Å². The maximum atomic E-state index is 6.66. The van der Waals surface area contributed by atoms with Gasteiger partial charge in [-0.15, -0.1) is 22.7 Å². The largest absolute Gasteiger partial charge is 0.455 e. The molecule has 0 saturated heterocycles. The van der Waals surface area contributed by atoms with Gasteiger partial charge in [0.25, 0.3) is 0 Å². The first-order chi connectivity index (χ1) is 25.2. The van der Waals surface area contributed by atoms with Crippen molar-refractivity contribution in [1.29, 1.82) is 0 Å². The fraction of sp³-hybridized carbons (Fsp3) is 0. The van der Waals surface area contributed by atoms with Crippen molar-refractivity contribution in [2.24, 2.45) is 0 Å². The molecule has 0 fully saturated rings. The van der Waals surface area contributed by atoms with Crippen LogP contribution in [-0.4, -0.2) is 15.0 Å². The van der Waals surface area contributed by atoms with Gasteiger partial charge < -0.3 is 4.42 Å². The number of para-hydroxylation sites is 1. The fourth-order valence-electron chi connectivity index (χ4n) is 7.32. The zero-order chi connectivity index (χ0) is 33.5. The Hall–Kier alpha value is -6.21. The van der Waals surface area contributed by atoms with E-state index in [-0.39, 0.29) is 0 Å². The monoisotopic (exact) mass is 687 g/mol. The molecule has 11 aromatic rings. The van der Waals surface area contributed by atoms with Crippen molar-refractivity contribution in [3.8, 4) is 45.3 Å². The van der Waals surface area contributed by atoms with Crippen molar-refractivity contribution in [2.45, 2.75) is 0 Å². The van der Waals surface area contributed by atoms with Crippen molar-refractivity contribution in [1.82, 2.24) is 15.0 Å². The topological polar surface area (TPSA) is 51.8 Å². The lowest BCUT2D eigenvalue weighted by atomic mass is 10.00. The minimum Gasteiger partial charge on any atom is -0.455 e. The van der Waals surface area contributed by atoms with Crippen LogP contribution in [0.3, 0.4) is 0 Å². The first-order valence-corrected chi connectivity index (χ1v) is 18.5. The molecule has 0 unspecified atom stereocenters. The second-order valence-corrected chi connectivity index (χ2v) is 14.9. The van der Waals surface area contributed by atoms with Crippen LogP contribution in [0, 0.1) is 0 Å². The summed E-state index contributed by atoms with van der Waals surface area (Å²) in [7, 11) is 0. The van der Waals surface area contributed by atoms with Crippen LogP contribution in [0.2, 0.25) is 0 Å². The molecule has 0 amide bonds. The number of benzene rings is 7. The Kier molecular flexibility index (Phi) is 6.26. The summed E-state index contributed by atoms with van der Waals surface area (Å²) in [4.78, 5) is 15.2. The minimum atomic E-state index is 0.623. The molecule has 51 heavy (non-hydrogen) atoms. The zero-order valence-electron chi connectivity index (χ0n) is 27.0. The van der Waals surface area contributed by atoms with Gasteiger partial charge >= 0.3 is 0 Å². The summed E-state index contributed by atoms with van der Waals surface area (Å²) in [5, 5.41) is 7.18. The molecule has 7 aromatic carbocycles. The molecule has 0 radical (unpaired) electrons. The summed E-state index contributed by atoms with van der Waals surface area (Å²) < 4.78 is 11.7. The summed E-state index contributed by atoms with van der Waals surface area (Å²) in [6, 6.07) is 53.1. The van der Waals surface area contributed by atoms with Crippen molar-refractivity contribution < 1.29 is 4.42 Å². The normalized spacial score (nSPS) is 11.9. The van der Waals surface area contributed by atoms with Crippen LogP contribution < -0.4 is 0 Å². The Morgan fingerprint density at radius 1 is 0.373 bits per heavy atom. The Morgan fingerprint density at radius 2 is 0.961 bits per heavy atom. The molecule has 0 saturated carbocycles. The van der Waals surface area contributed by atoms with Gasteiger partial charge in [-0.25, -0.2) is 15.0 Å². The summed E-state index contributed by atoms with van der Waals surface area (Å²) in [6.07, 6.45) is 0. The first-order valence-electron chi connectivity index (χ1n) is 16.8. The Morgan fingerprint density at radius 3 is 1.76 bits per heavy atom. The maximum absolute atomic E-state index is 6.66. The van der Waals surface area contributed by atoms with E-state index in [0.29, 0.717) is 17.5 Å². The average Bonchev–Trinajstić information content (AvgIpc) is 3.89. The fourth-order valence-corrected chi connectivity index (χ4v) is 9.70. The highest BCUT2D eigenvalue weighted by Crippen LogP contribution is 2.44. The maximum Gasteiger partial charge on any atom is 0.164 e. The predicted octanol–water partition coefficient (Wildman–Crippen LogP) is 13.2. The van der Waals surface area contributed by atoms with Gasteiger partial charge in [0.05, 0.1) is 0 Å². The van der Waals surface area contributed by atoms with Crippen LogP contribution in [0.4, 0.5) is 0 Å². The molecule has 0 aliphatic rings.